The molecule has 0 radical (unpaired) electrons. The minimum absolute atomic E-state index is 0.0903. The van der Waals surface area contributed by atoms with Gasteiger partial charge in [-0.3, -0.25) is 0 Å². The van der Waals surface area contributed by atoms with Gasteiger partial charge in [0.05, 0.1) is 0 Å². The molecule has 1 heterocycles. The Morgan fingerprint density at radius 3 is 2.75 bits per heavy atom. The maximum absolute atomic E-state index is 13.6. The van der Waals surface area contributed by atoms with Crippen LogP contribution < -0.4 is 5.32 Å². The van der Waals surface area contributed by atoms with Crippen LogP contribution in [0.25, 0.3) is 0 Å². The zero-order valence-corrected chi connectivity index (χ0v) is 13.8. The summed E-state index contributed by atoms with van der Waals surface area (Å²) in [5.74, 6) is 1.14. The van der Waals surface area contributed by atoms with Gasteiger partial charge < -0.3 is 5.32 Å². The zero-order chi connectivity index (χ0) is 16.9. The van der Waals surface area contributed by atoms with Crippen molar-refractivity contribution in [2.75, 3.05) is 5.32 Å². The monoisotopic (exact) mass is 327 g/mol. The number of aliphatic imine (C=N–C) groups is 1. The summed E-state index contributed by atoms with van der Waals surface area (Å²) in [6, 6.07) is 10.7. The van der Waals surface area contributed by atoms with Gasteiger partial charge in [0.2, 0.25) is 5.95 Å². The lowest BCUT2D eigenvalue weighted by Crippen LogP contribution is -2.27. The fraction of sp³-hybridized carbons (Fsp3) is 0.444. The molecule has 126 valence electrons. The van der Waals surface area contributed by atoms with E-state index in [0.29, 0.717) is 11.9 Å². The van der Waals surface area contributed by atoms with Crippen molar-refractivity contribution < 1.29 is 4.39 Å². The van der Waals surface area contributed by atoms with E-state index in [1.54, 1.807) is 0 Å². The minimum atomic E-state index is -1.27. The van der Waals surface area contributed by atoms with Crippen LogP contribution in [-0.2, 0) is 6.42 Å². The predicted octanol–water partition coefficient (Wildman–Crippen LogP) is 4.06. The lowest BCUT2D eigenvalue weighted by molar-refractivity contribution is 0.356. The highest BCUT2D eigenvalue weighted by Gasteiger charge is 2.28. The summed E-state index contributed by atoms with van der Waals surface area (Å²) in [4.78, 5) is 16.1. The number of rotatable bonds is 6. The molecule has 6 heteroatoms. The van der Waals surface area contributed by atoms with Gasteiger partial charge in [0.15, 0.2) is 12.0 Å². The third-order valence-electron chi connectivity index (χ3n) is 4.45. The van der Waals surface area contributed by atoms with Crippen molar-refractivity contribution >= 4 is 18.6 Å². The van der Waals surface area contributed by atoms with Crippen LogP contribution in [0.5, 0.6) is 0 Å². The summed E-state index contributed by atoms with van der Waals surface area (Å²) in [6.07, 6.45) is 3.14. The average Bonchev–Trinajstić information content (AvgIpc) is 3.02. The van der Waals surface area contributed by atoms with Crippen molar-refractivity contribution in [3.63, 3.8) is 0 Å². The summed E-state index contributed by atoms with van der Waals surface area (Å²) in [7, 11) is 0. The van der Waals surface area contributed by atoms with Crippen LogP contribution in [-0.4, -0.2) is 27.7 Å². The summed E-state index contributed by atoms with van der Waals surface area (Å²) in [5.41, 5.74) is 1.33. The highest BCUT2D eigenvalue weighted by atomic mass is 19.1. The first-order valence-corrected chi connectivity index (χ1v) is 8.33. The molecule has 1 aromatic carbocycles. The van der Waals surface area contributed by atoms with Crippen LogP contribution in [0.3, 0.4) is 0 Å². The summed E-state index contributed by atoms with van der Waals surface area (Å²) >= 11 is 0. The Hall–Kier alpha value is -2.37. The average molecular weight is 327 g/mol. The predicted molar refractivity (Wildman–Crippen MR) is 93.5 cm³/mol. The molecular formula is C18H22FN5. The Bertz CT molecular complexity index is 689. The quantitative estimate of drug-likeness (QED) is 0.813. The summed E-state index contributed by atoms with van der Waals surface area (Å²) in [6.45, 7) is 4.82. The first-order valence-electron chi connectivity index (χ1n) is 8.33. The van der Waals surface area contributed by atoms with Crippen LogP contribution in [0.15, 0.2) is 35.3 Å². The van der Waals surface area contributed by atoms with Crippen molar-refractivity contribution in [2.45, 2.75) is 44.8 Å². The zero-order valence-electron chi connectivity index (χ0n) is 13.8. The molecule has 24 heavy (non-hydrogen) atoms. The van der Waals surface area contributed by atoms with E-state index in [9.17, 15) is 4.39 Å². The highest BCUT2D eigenvalue weighted by molar-refractivity contribution is 5.39. The molecule has 3 unspecified atom stereocenters. The lowest BCUT2D eigenvalue weighted by atomic mass is 9.95. The third kappa shape index (κ3) is 3.93. The molecule has 2 aromatic rings. The molecule has 3 rings (SSSR count). The van der Waals surface area contributed by atoms with E-state index in [0.717, 1.165) is 19.3 Å². The van der Waals surface area contributed by atoms with Gasteiger partial charge in [0.25, 0.3) is 5.95 Å². The molecular weight excluding hydrogens is 305 g/mol. The Morgan fingerprint density at radius 1 is 1.25 bits per heavy atom. The number of nitrogens with zero attached hydrogens (tertiary/aromatic N) is 4. The molecule has 0 saturated heterocycles. The van der Waals surface area contributed by atoms with Gasteiger partial charge >= 0.3 is 0 Å². The van der Waals surface area contributed by atoms with Crippen molar-refractivity contribution in [3.8, 4) is 0 Å². The highest BCUT2D eigenvalue weighted by Crippen LogP contribution is 2.31. The number of halogens is 1. The number of anilines is 1. The van der Waals surface area contributed by atoms with Crippen LogP contribution in [0.4, 0.5) is 16.3 Å². The molecule has 1 N–H and O–H groups in total. The summed E-state index contributed by atoms with van der Waals surface area (Å²) < 4.78 is 13.6. The Labute approximate surface area is 141 Å². The van der Waals surface area contributed by atoms with Crippen molar-refractivity contribution in [2.24, 2.45) is 10.9 Å². The molecule has 1 aliphatic rings. The first-order chi connectivity index (χ1) is 11.7. The Balaban J connectivity index is 1.74. The van der Waals surface area contributed by atoms with Gasteiger partial charge in [0, 0.05) is 6.04 Å². The third-order valence-corrected chi connectivity index (χ3v) is 4.45. The van der Waals surface area contributed by atoms with Gasteiger partial charge in [-0.05, 0) is 44.4 Å². The van der Waals surface area contributed by atoms with Crippen LogP contribution in [0, 0.1) is 5.92 Å². The van der Waals surface area contributed by atoms with E-state index in [1.165, 1.54) is 18.9 Å². The maximum Gasteiger partial charge on any atom is 0.253 e. The molecule has 0 aliphatic heterocycles. The van der Waals surface area contributed by atoms with Gasteiger partial charge in [-0.15, -0.1) is 0 Å². The van der Waals surface area contributed by atoms with E-state index in [2.05, 4.69) is 56.2 Å². The molecule has 3 atom stereocenters. The smallest absolute Gasteiger partial charge is 0.253 e. The van der Waals surface area contributed by atoms with E-state index in [1.807, 2.05) is 6.07 Å². The van der Waals surface area contributed by atoms with Gasteiger partial charge in [0.1, 0.15) is 0 Å². The number of alkyl halides is 1. The standard InChI is InChI=1S/C18H22FN5/c1-12(19)16-22-17(20-2)24-18(23-16)21-15-10-6-9-14(15)11-13-7-4-3-5-8-13/h3-5,7-8,12,14-15H,2,6,9-11H2,1H3,(H,21,22,23,24). The second-order valence-electron chi connectivity index (χ2n) is 6.22. The largest absolute Gasteiger partial charge is 0.351 e. The van der Waals surface area contributed by atoms with Crippen molar-refractivity contribution in [3.05, 3.63) is 41.7 Å². The molecule has 0 spiro atoms. The van der Waals surface area contributed by atoms with E-state index < -0.39 is 6.17 Å². The SMILES string of the molecule is C=Nc1nc(NC2CCCC2Cc2ccccc2)nc(C(C)F)n1. The number of hydrogen-bond donors (Lipinski definition) is 1. The number of hydrogen-bond acceptors (Lipinski definition) is 5. The molecule has 0 bridgehead atoms. The fourth-order valence-corrected chi connectivity index (χ4v) is 3.25. The minimum Gasteiger partial charge on any atom is -0.351 e. The van der Waals surface area contributed by atoms with E-state index in [4.69, 9.17) is 0 Å². The molecule has 1 aliphatic carbocycles. The maximum atomic E-state index is 13.6. The Morgan fingerprint density at radius 2 is 2.04 bits per heavy atom. The first kappa shape index (κ1) is 16.5. The van der Waals surface area contributed by atoms with Crippen LogP contribution >= 0.6 is 0 Å². The molecule has 1 saturated carbocycles. The topological polar surface area (TPSA) is 63.1 Å². The van der Waals surface area contributed by atoms with E-state index in [-0.39, 0.29) is 17.8 Å². The van der Waals surface area contributed by atoms with Gasteiger partial charge in [-0.25, -0.2) is 9.38 Å². The normalized spacial score (nSPS) is 21.4. The summed E-state index contributed by atoms with van der Waals surface area (Å²) in [5, 5.41) is 3.36. The van der Waals surface area contributed by atoms with Crippen LogP contribution in [0.2, 0.25) is 0 Å². The second-order valence-corrected chi connectivity index (χ2v) is 6.22. The van der Waals surface area contributed by atoms with Crippen LogP contribution in [0.1, 0.15) is 43.7 Å². The number of benzene rings is 1. The van der Waals surface area contributed by atoms with Gasteiger partial charge in [-0.1, -0.05) is 36.8 Å². The van der Waals surface area contributed by atoms with Crippen molar-refractivity contribution in [1.82, 2.24) is 15.0 Å². The number of aromatic nitrogens is 3. The number of nitrogens with one attached hydrogen (secondary N) is 1. The Kier molecular flexibility index (Phi) is 5.13. The van der Waals surface area contributed by atoms with Crippen molar-refractivity contribution in [1.29, 1.82) is 0 Å². The molecule has 0 amide bonds. The van der Waals surface area contributed by atoms with Gasteiger partial charge in [-0.2, -0.15) is 15.0 Å². The molecule has 1 fully saturated rings. The second kappa shape index (κ2) is 7.47. The van der Waals surface area contributed by atoms with E-state index >= 15 is 0 Å². The fourth-order valence-electron chi connectivity index (χ4n) is 3.25. The molecule has 1 aromatic heterocycles. The lowest BCUT2D eigenvalue weighted by Gasteiger charge is -2.21. The molecule has 5 nitrogen and oxygen atoms in total.